The summed E-state index contributed by atoms with van der Waals surface area (Å²) in [7, 11) is 3.02. The standard InChI is InChI=1S/C39H32ClN3O7S/c1-49-29-16-20-34(50-2)27(21-29)23-33(43-36(44)25-11-7-4-8-12-25)37(45)41-28-14-17-30(18-15-28)51-35(24-9-5-3-6-10-24)38(46)42-32-22-26(39(47)48)13-19-31(32)40/h3-23,35H,1-2H3,(H,41,45)(H,42,46)(H,43,44)(H,47,48)/b33-23-. The third-order valence-electron chi connectivity index (χ3n) is 7.44. The molecule has 1 atom stereocenters. The van der Waals surface area contributed by atoms with E-state index in [9.17, 15) is 24.3 Å². The maximum atomic E-state index is 13.7. The summed E-state index contributed by atoms with van der Waals surface area (Å²) in [6.45, 7) is 0. The molecule has 0 aromatic heterocycles. The number of benzene rings is 5. The summed E-state index contributed by atoms with van der Waals surface area (Å²) >= 11 is 7.54. The molecule has 0 bridgehead atoms. The Labute approximate surface area is 303 Å². The van der Waals surface area contributed by atoms with Gasteiger partial charge in [0.05, 0.1) is 30.5 Å². The molecule has 0 spiro atoms. The van der Waals surface area contributed by atoms with Gasteiger partial charge in [-0.15, -0.1) is 11.8 Å². The van der Waals surface area contributed by atoms with E-state index in [4.69, 9.17) is 21.1 Å². The van der Waals surface area contributed by atoms with Crippen LogP contribution in [0.5, 0.6) is 11.5 Å². The number of rotatable bonds is 13. The Morgan fingerprint density at radius 3 is 2.10 bits per heavy atom. The molecule has 0 aliphatic rings. The van der Waals surface area contributed by atoms with Gasteiger partial charge < -0.3 is 30.5 Å². The lowest BCUT2D eigenvalue weighted by molar-refractivity contribution is -0.116. The number of hydrogen-bond acceptors (Lipinski definition) is 7. The number of aromatic carboxylic acids is 1. The van der Waals surface area contributed by atoms with Crippen LogP contribution in [0.2, 0.25) is 5.02 Å². The van der Waals surface area contributed by atoms with Crippen molar-refractivity contribution in [3.8, 4) is 11.5 Å². The summed E-state index contributed by atoms with van der Waals surface area (Å²) < 4.78 is 10.8. The van der Waals surface area contributed by atoms with Gasteiger partial charge in [0.2, 0.25) is 5.91 Å². The number of halogens is 1. The molecule has 5 aromatic rings. The van der Waals surface area contributed by atoms with Crippen LogP contribution in [0.15, 0.2) is 132 Å². The van der Waals surface area contributed by atoms with E-state index >= 15 is 0 Å². The summed E-state index contributed by atoms with van der Waals surface area (Å²) in [5, 5.41) is 17.2. The number of nitrogens with one attached hydrogen (secondary N) is 3. The van der Waals surface area contributed by atoms with Crippen LogP contribution in [0.25, 0.3) is 6.08 Å². The van der Waals surface area contributed by atoms with Gasteiger partial charge in [0.25, 0.3) is 11.8 Å². The summed E-state index contributed by atoms with van der Waals surface area (Å²) in [6.07, 6.45) is 1.50. The molecule has 10 nitrogen and oxygen atoms in total. The molecule has 0 saturated carbocycles. The molecule has 258 valence electrons. The van der Waals surface area contributed by atoms with Gasteiger partial charge in [-0.2, -0.15) is 0 Å². The van der Waals surface area contributed by atoms with E-state index in [1.165, 1.54) is 50.3 Å². The minimum atomic E-state index is -1.15. The monoisotopic (exact) mass is 721 g/mol. The fourth-order valence-electron chi connectivity index (χ4n) is 4.85. The number of thioether (sulfide) groups is 1. The summed E-state index contributed by atoms with van der Waals surface area (Å²) in [6, 6.07) is 33.6. The third kappa shape index (κ3) is 9.56. The normalized spacial score (nSPS) is 11.5. The molecule has 0 aliphatic heterocycles. The molecule has 0 heterocycles. The van der Waals surface area contributed by atoms with Gasteiger partial charge in [-0.05, 0) is 84.4 Å². The first kappa shape index (κ1) is 36.2. The fourth-order valence-corrected chi connectivity index (χ4v) is 6.04. The summed E-state index contributed by atoms with van der Waals surface area (Å²) in [5.74, 6) is -1.64. The first-order chi connectivity index (χ1) is 24.6. The van der Waals surface area contributed by atoms with Crippen LogP contribution < -0.4 is 25.4 Å². The van der Waals surface area contributed by atoms with Crippen molar-refractivity contribution in [1.29, 1.82) is 0 Å². The number of amides is 3. The van der Waals surface area contributed by atoms with Crippen molar-refractivity contribution in [3.63, 3.8) is 0 Å². The average molecular weight is 722 g/mol. The van der Waals surface area contributed by atoms with Gasteiger partial charge >= 0.3 is 5.97 Å². The first-order valence-corrected chi connectivity index (χ1v) is 16.7. The molecule has 5 rings (SSSR count). The SMILES string of the molecule is COc1ccc(OC)c(/C=C(\NC(=O)c2ccccc2)C(=O)Nc2ccc(SC(C(=O)Nc3cc(C(=O)O)ccc3Cl)c3ccccc3)cc2)c1. The Bertz CT molecular complexity index is 2070. The van der Waals surface area contributed by atoms with E-state index in [0.717, 1.165) is 0 Å². The maximum Gasteiger partial charge on any atom is 0.335 e. The van der Waals surface area contributed by atoms with E-state index in [-0.39, 0.29) is 22.0 Å². The first-order valence-electron chi connectivity index (χ1n) is 15.4. The molecule has 51 heavy (non-hydrogen) atoms. The van der Waals surface area contributed by atoms with Crippen molar-refractivity contribution in [1.82, 2.24) is 5.32 Å². The van der Waals surface area contributed by atoms with Gasteiger partial charge in [-0.25, -0.2) is 4.79 Å². The van der Waals surface area contributed by atoms with Crippen molar-refractivity contribution in [2.24, 2.45) is 0 Å². The highest BCUT2D eigenvalue weighted by atomic mass is 35.5. The van der Waals surface area contributed by atoms with Crippen LogP contribution in [-0.2, 0) is 9.59 Å². The quantitative estimate of drug-likeness (QED) is 0.0709. The van der Waals surface area contributed by atoms with Gasteiger partial charge in [0.1, 0.15) is 22.4 Å². The molecular weight excluding hydrogens is 690 g/mol. The number of hydrogen-bond donors (Lipinski definition) is 4. The molecule has 5 aromatic carbocycles. The highest BCUT2D eigenvalue weighted by Crippen LogP contribution is 2.37. The highest BCUT2D eigenvalue weighted by Gasteiger charge is 2.24. The average Bonchev–Trinajstić information content (AvgIpc) is 3.15. The van der Waals surface area contributed by atoms with Crippen LogP contribution >= 0.6 is 23.4 Å². The van der Waals surface area contributed by atoms with Crippen molar-refractivity contribution in [2.75, 3.05) is 24.9 Å². The lowest BCUT2D eigenvalue weighted by atomic mass is 10.1. The van der Waals surface area contributed by atoms with E-state index in [2.05, 4.69) is 16.0 Å². The van der Waals surface area contributed by atoms with Crippen LogP contribution in [0.3, 0.4) is 0 Å². The van der Waals surface area contributed by atoms with Crippen LogP contribution in [0, 0.1) is 0 Å². The Kier molecular flexibility index (Phi) is 12.1. The zero-order valence-corrected chi connectivity index (χ0v) is 29.0. The maximum absolute atomic E-state index is 13.7. The van der Waals surface area contributed by atoms with E-state index < -0.39 is 28.9 Å². The topological polar surface area (TPSA) is 143 Å². The van der Waals surface area contributed by atoms with Gasteiger partial charge in [-0.3, -0.25) is 14.4 Å². The van der Waals surface area contributed by atoms with Crippen LogP contribution in [0.1, 0.15) is 37.1 Å². The van der Waals surface area contributed by atoms with Crippen molar-refractivity contribution in [2.45, 2.75) is 10.1 Å². The van der Waals surface area contributed by atoms with E-state index in [1.807, 2.05) is 30.3 Å². The predicted octanol–water partition coefficient (Wildman–Crippen LogP) is 7.94. The summed E-state index contributed by atoms with van der Waals surface area (Å²) in [4.78, 5) is 52.6. The molecule has 0 fully saturated rings. The molecule has 4 N–H and O–H groups in total. The molecule has 3 amide bonds. The minimum absolute atomic E-state index is 0.0171. The number of anilines is 2. The van der Waals surface area contributed by atoms with E-state index in [1.54, 1.807) is 72.8 Å². The molecule has 0 saturated heterocycles. The number of carbonyl (C=O) groups excluding carboxylic acids is 3. The summed E-state index contributed by atoms with van der Waals surface area (Å²) in [5.41, 5.74) is 2.12. The Morgan fingerprint density at radius 2 is 1.45 bits per heavy atom. The molecule has 1 unspecified atom stereocenters. The fraction of sp³-hybridized carbons (Fsp3) is 0.0769. The molecule has 0 radical (unpaired) electrons. The predicted molar refractivity (Wildman–Crippen MR) is 199 cm³/mol. The zero-order valence-electron chi connectivity index (χ0n) is 27.4. The van der Waals surface area contributed by atoms with Gasteiger partial charge in [-0.1, -0.05) is 60.1 Å². The van der Waals surface area contributed by atoms with E-state index in [0.29, 0.717) is 38.8 Å². The number of methoxy groups -OCH3 is 2. The second-order valence-corrected chi connectivity index (χ2v) is 12.4. The Balaban J connectivity index is 1.37. The van der Waals surface area contributed by atoms with Crippen LogP contribution in [0.4, 0.5) is 11.4 Å². The van der Waals surface area contributed by atoms with Crippen molar-refractivity contribution >= 4 is 64.5 Å². The van der Waals surface area contributed by atoms with Crippen molar-refractivity contribution in [3.05, 3.63) is 154 Å². The molecule has 12 heteroatoms. The zero-order chi connectivity index (χ0) is 36.3. The number of carboxylic acids is 1. The Hall–Kier alpha value is -6.04. The van der Waals surface area contributed by atoms with Gasteiger partial charge in [0.15, 0.2) is 0 Å². The third-order valence-corrected chi connectivity index (χ3v) is 9.04. The lowest BCUT2D eigenvalue weighted by Gasteiger charge is -2.18. The molecular formula is C39H32ClN3O7S. The minimum Gasteiger partial charge on any atom is -0.497 e. The second-order valence-electron chi connectivity index (χ2n) is 10.9. The van der Waals surface area contributed by atoms with Crippen LogP contribution in [-0.4, -0.2) is 43.0 Å². The largest absolute Gasteiger partial charge is 0.497 e. The molecule has 0 aliphatic carbocycles. The smallest absolute Gasteiger partial charge is 0.335 e. The second kappa shape index (κ2) is 17.1. The lowest BCUT2D eigenvalue weighted by Crippen LogP contribution is -2.30. The number of ether oxygens (including phenoxy) is 2. The highest BCUT2D eigenvalue weighted by molar-refractivity contribution is 8.00. The number of carbonyl (C=O) groups is 4. The number of carboxylic acid groups (broad SMARTS) is 1. The Morgan fingerprint density at radius 1 is 0.765 bits per heavy atom. The van der Waals surface area contributed by atoms with Gasteiger partial charge in [0, 0.05) is 21.7 Å². The van der Waals surface area contributed by atoms with Crippen molar-refractivity contribution < 1.29 is 33.8 Å².